The predicted octanol–water partition coefficient (Wildman–Crippen LogP) is 1.86. The molecule has 1 aromatic rings. The van der Waals surface area contributed by atoms with Crippen LogP contribution < -0.4 is 15.8 Å². The monoisotopic (exact) mass is 264 g/mol. The van der Waals surface area contributed by atoms with Gasteiger partial charge >= 0.3 is 0 Å². The van der Waals surface area contributed by atoms with Crippen molar-refractivity contribution in [3.63, 3.8) is 0 Å². The largest absolute Gasteiger partial charge is 0.492 e. The smallest absolute Gasteiger partial charge is 0.237 e. The molecule has 0 aliphatic carbocycles. The Balaban J connectivity index is 2.26. The lowest BCUT2D eigenvalue weighted by Gasteiger charge is -2.17. The Bertz CT molecular complexity index is 407. The van der Waals surface area contributed by atoms with Crippen LogP contribution in [0.25, 0.3) is 0 Å². The molecule has 0 unspecified atom stereocenters. The highest BCUT2D eigenvalue weighted by molar-refractivity contribution is 5.81. The number of carbonyl (C=O) groups is 1. The van der Waals surface area contributed by atoms with Crippen LogP contribution in [0.4, 0.5) is 0 Å². The maximum atomic E-state index is 11.7. The number of rotatable bonds is 7. The van der Waals surface area contributed by atoms with Gasteiger partial charge < -0.3 is 15.8 Å². The molecule has 1 aromatic carbocycles. The summed E-state index contributed by atoms with van der Waals surface area (Å²) < 4.78 is 5.55. The Morgan fingerprint density at radius 3 is 2.84 bits per heavy atom. The lowest BCUT2D eigenvalue weighted by atomic mass is 9.99. The van der Waals surface area contributed by atoms with Crippen LogP contribution >= 0.6 is 0 Å². The number of carbonyl (C=O) groups excluding carboxylic acids is 1. The van der Waals surface area contributed by atoms with E-state index in [0.717, 1.165) is 17.7 Å². The van der Waals surface area contributed by atoms with Crippen LogP contribution in [0, 0.1) is 12.8 Å². The maximum Gasteiger partial charge on any atom is 0.237 e. The first kappa shape index (κ1) is 15.5. The molecule has 0 radical (unpaired) electrons. The van der Waals surface area contributed by atoms with Gasteiger partial charge in [-0.1, -0.05) is 32.4 Å². The number of nitrogens with one attached hydrogen (secondary N) is 1. The van der Waals surface area contributed by atoms with Crippen molar-refractivity contribution in [1.82, 2.24) is 5.32 Å². The highest BCUT2D eigenvalue weighted by atomic mass is 16.5. The van der Waals surface area contributed by atoms with Crippen molar-refractivity contribution >= 4 is 5.91 Å². The average Bonchev–Trinajstić information content (AvgIpc) is 2.41. The molecule has 0 fully saturated rings. The van der Waals surface area contributed by atoms with Crippen LogP contribution in [0.1, 0.15) is 25.8 Å². The van der Waals surface area contributed by atoms with Crippen molar-refractivity contribution in [1.29, 1.82) is 0 Å². The lowest BCUT2D eigenvalue weighted by molar-refractivity contribution is -0.123. The summed E-state index contributed by atoms with van der Waals surface area (Å²) in [6.07, 6.45) is 0.897. The van der Waals surface area contributed by atoms with E-state index < -0.39 is 6.04 Å². The van der Waals surface area contributed by atoms with E-state index in [-0.39, 0.29) is 11.8 Å². The number of aryl methyl sites for hydroxylation is 1. The highest BCUT2D eigenvalue weighted by Gasteiger charge is 2.18. The fourth-order valence-corrected chi connectivity index (χ4v) is 1.68. The second kappa shape index (κ2) is 7.79. The minimum atomic E-state index is -0.441. The van der Waals surface area contributed by atoms with Gasteiger partial charge in [-0.05, 0) is 30.5 Å². The van der Waals surface area contributed by atoms with Crippen LogP contribution in [-0.2, 0) is 4.79 Å². The maximum absolute atomic E-state index is 11.7. The first-order chi connectivity index (χ1) is 9.04. The molecular weight excluding hydrogens is 240 g/mol. The van der Waals surface area contributed by atoms with Gasteiger partial charge in [0.1, 0.15) is 12.4 Å². The molecule has 106 valence electrons. The van der Waals surface area contributed by atoms with Crippen molar-refractivity contribution in [3.05, 3.63) is 29.8 Å². The van der Waals surface area contributed by atoms with Crippen molar-refractivity contribution in [2.45, 2.75) is 33.2 Å². The number of amides is 1. The summed E-state index contributed by atoms with van der Waals surface area (Å²) in [6.45, 7) is 6.94. The summed E-state index contributed by atoms with van der Waals surface area (Å²) in [6, 6.07) is 7.39. The van der Waals surface area contributed by atoms with Crippen LogP contribution in [-0.4, -0.2) is 25.1 Å². The molecule has 0 saturated heterocycles. The van der Waals surface area contributed by atoms with Crippen LogP contribution in [0.5, 0.6) is 5.75 Å². The highest BCUT2D eigenvalue weighted by Crippen LogP contribution is 2.11. The zero-order chi connectivity index (χ0) is 14.3. The third kappa shape index (κ3) is 5.30. The second-order valence-electron chi connectivity index (χ2n) is 4.87. The molecule has 0 aromatic heterocycles. The molecule has 0 bridgehead atoms. The summed E-state index contributed by atoms with van der Waals surface area (Å²) in [5.74, 6) is 0.903. The van der Waals surface area contributed by atoms with E-state index in [1.165, 1.54) is 0 Å². The van der Waals surface area contributed by atoms with Gasteiger partial charge in [-0.25, -0.2) is 0 Å². The van der Waals surface area contributed by atoms with E-state index in [0.29, 0.717) is 13.2 Å². The third-order valence-electron chi connectivity index (χ3n) is 3.22. The van der Waals surface area contributed by atoms with Crippen LogP contribution in [0.15, 0.2) is 24.3 Å². The lowest BCUT2D eigenvalue weighted by Crippen LogP contribution is -2.45. The molecule has 0 saturated carbocycles. The fraction of sp³-hybridized carbons (Fsp3) is 0.533. The van der Waals surface area contributed by atoms with E-state index >= 15 is 0 Å². The van der Waals surface area contributed by atoms with Gasteiger partial charge in [0.25, 0.3) is 0 Å². The van der Waals surface area contributed by atoms with Gasteiger partial charge in [0.15, 0.2) is 0 Å². The van der Waals surface area contributed by atoms with Gasteiger partial charge in [0, 0.05) is 0 Å². The standard InChI is InChI=1S/C15H24N2O2/c1-4-12(3)14(16)15(18)17-8-9-19-13-7-5-6-11(2)10-13/h5-7,10,12,14H,4,8-9,16H2,1-3H3,(H,17,18)/t12-,14-/m0/s1. The van der Waals surface area contributed by atoms with E-state index in [1.807, 2.05) is 45.0 Å². The quantitative estimate of drug-likeness (QED) is 0.739. The molecule has 1 rings (SSSR count). The molecular formula is C15H24N2O2. The molecule has 4 nitrogen and oxygen atoms in total. The van der Waals surface area contributed by atoms with E-state index in [4.69, 9.17) is 10.5 Å². The van der Waals surface area contributed by atoms with E-state index in [2.05, 4.69) is 5.32 Å². The number of benzene rings is 1. The summed E-state index contributed by atoms with van der Waals surface area (Å²) in [7, 11) is 0. The number of hydrogen-bond acceptors (Lipinski definition) is 3. The van der Waals surface area contributed by atoms with E-state index in [1.54, 1.807) is 0 Å². The average molecular weight is 264 g/mol. The van der Waals surface area contributed by atoms with Gasteiger partial charge in [-0.2, -0.15) is 0 Å². The Morgan fingerprint density at radius 2 is 2.21 bits per heavy atom. The normalized spacial score (nSPS) is 13.7. The summed E-state index contributed by atoms with van der Waals surface area (Å²) in [5.41, 5.74) is 6.98. The first-order valence-electron chi connectivity index (χ1n) is 6.77. The number of hydrogen-bond donors (Lipinski definition) is 2. The minimum Gasteiger partial charge on any atom is -0.492 e. The molecule has 2 atom stereocenters. The Kier molecular flexibility index (Phi) is 6.36. The Labute approximate surface area is 115 Å². The minimum absolute atomic E-state index is 0.109. The SMILES string of the molecule is CC[C@H](C)[C@H](N)C(=O)NCCOc1cccc(C)c1. The predicted molar refractivity (Wildman–Crippen MR) is 77.1 cm³/mol. The summed E-state index contributed by atoms with van der Waals surface area (Å²) >= 11 is 0. The molecule has 1 amide bonds. The van der Waals surface area contributed by atoms with Crippen LogP contribution in [0.2, 0.25) is 0 Å². The molecule has 4 heteroatoms. The fourth-order valence-electron chi connectivity index (χ4n) is 1.68. The van der Waals surface area contributed by atoms with Gasteiger partial charge in [-0.15, -0.1) is 0 Å². The summed E-state index contributed by atoms with van der Waals surface area (Å²) in [5, 5.41) is 2.79. The Hall–Kier alpha value is -1.55. The second-order valence-corrected chi connectivity index (χ2v) is 4.87. The van der Waals surface area contributed by atoms with Crippen molar-refractivity contribution < 1.29 is 9.53 Å². The van der Waals surface area contributed by atoms with E-state index in [9.17, 15) is 4.79 Å². The molecule has 3 N–H and O–H groups in total. The molecule has 0 spiro atoms. The van der Waals surface area contributed by atoms with Gasteiger partial charge in [-0.3, -0.25) is 4.79 Å². The van der Waals surface area contributed by atoms with Crippen molar-refractivity contribution in [2.24, 2.45) is 11.7 Å². The van der Waals surface area contributed by atoms with Crippen molar-refractivity contribution in [3.8, 4) is 5.75 Å². The zero-order valence-corrected chi connectivity index (χ0v) is 12.0. The van der Waals surface area contributed by atoms with Crippen molar-refractivity contribution in [2.75, 3.05) is 13.2 Å². The topological polar surface area (TPSA) is 64.4 Å². The number of nitrogens with two attached hydrogens (primary N) is 1. The molecule has 19 heavy (non-hydrogen) atoms. The Morgan fingerprint density at radius 1 is 1.47 bits per heavy atom. The first-order valence-corrected chi connectivity index (χ1v) is 6.77. The number of ether oxygens (including phenoxy) is 1. The summed E-state index contributed by atoms with van der Waals surface area (Å²) in [4.78, 5) is 11.7. The van der Waals surface area contributed by atoms with Gasteiger partial charge in [0.05, 0.1) is 12.6 Å². The third-order valence-corrected chi connectivity index (χ3v) is 3.22. The molecule has 0 aliphatic heterocycles. The van der Waals surface area contributed by atoms with Gasteiger partial charge in [0.2, 0.25) is 5.91 Å². The molecule has 0 aliphatic rings. The van der Waals surface area contributed by atoms with Crippen LogP contribution in [0.3, 0.4) is 0 Å². The molecule has 0 heterocycles. The zero-order valence-electron chi connectivity index (χ0n) is 12.0.